The molecule has 0 fully saturated rings. The molecule has 3 nitrogen and oxygen atoms in total. The molecule has 0 spiro atoms. The zero-order chi connectivity index (χ0) is 11.2. The molecule has 0 aromatic carbocycles. The fourth-order valence-corrected chi connectivity index (χ4v) is 1.65. The first-order chi connectivity index (χ1) is 7.88. The molecule has 0 saturated heterocycles. The monoisotopic (exact) mass is 215 g/mol. The van der Waals surface area contributed by atoms with Gasteiger partial charge in [-0.05, 0) is 30.2 Å². The maximum absolute atomic E-state index is 4.08. The van der Waals surface area contributed by atoms with Crippen LogP contribution in [0.2, 0.25) is 0 Å². The Bertz CT molecular complexity index is 420. The van der Waals surface area contributed by atoms with Crippen LogP contribution in [-0.4, -0.2) is 9.55 Å². The SMILES string of the molecule is CCn1ccc(CNCc2cccnc2)c1. The lowest BCUT2D eigenvalue weighted by molar-refractivity contribution is 0.686. The molecule has 2 rings (SSSR count). The van der Waals surface area contributed by atoms with Gasteiger partial charge in [0.2, 0.25) is 0 Å². The van der Waals surface area contributed by atoms with Gasteiger partial charge in [0.1, 0.15) is 0 Å². The molecule has 2 heterocycles. The van der Waals surface area contributed by atoms with Crippen molar-refractivity contribution in [2.24, 2.45) is 0 Å². The number of hydrogen-bond acceptors (Lipinski definition) is 2. The van der Waals surface area contributed by atoms with Crippen LogP contribution in [0, 0.1) is 0 Å². The molecule has 0 aliphatic carbocycles. The minimum Gasteiger partial charge on any atom is -0.354 e. The van der Waals surface area contributed by atoms with Crippen LogP contribution in [-0.2, 0) is 19.6 Å². The van der Waals surface area contributed by atoms with E-state index in [9.17, 15) is 0 Å². The highest BCUT2D eigenvalue weighted by Gasteiger charge is 1.96. The van der Waals surface area contributed by atoms with Crippen molar-refractivity contribution < 1.29 is 0 Å². The first-order valence-corrected chi connectivity index (χ1v) is 5.63. The van der Waals surface area contributed by atoms with E-state index < -0.39 is 0 Å². The predicted octanol–water partition coefficient (Wildman–Crippen LogP) is 2.19. The topological polar surface area (TPSA) is 29.9 Å². The first-order valence-electron chi connectivity index (χ1n) is 5.63. The molecule has 0 amide bonds. The summed E-state index contributed by atoms with van der Waals surface area (Å²) in [6.45, 7) is 4.95. The fourth-order valence-electron chi connectivity index (χ4n) is 1.65. The van der Waals surface area contributed by atoms with Gasteiger partial charge in [0.05, 0.1) is 0 Å². The Kier molecular flexibility index (Phi) is 3.72. The highest BCUT2D eigenvalue weighted by molar-refractivity contribution is 5.11. The van der Waals surface area contributed by atoms with Gasteiger partial charge >= 0.3 is 0 Å². The van der Waals surface area contributed by atoms with Gasteiger partial charge in [0.25, 0.3) is 0 Å². The second-order valence-electron chi connectivity index (χ2n) is 3.82. The van der Waals surface area contributed by atoms with Crippen molar-refractivity contribution >= 4 is 0 Å². The average Bonchev–Trinajstić information content (AvgIpc) is 2.78. The van der Waals surface area contributed by atoms with Crippen LogP contribution in [0.3, 0.4) is 0 Å². The van der Waals surface area contributed by atoms with Crippen molar-refractivity contribution in [1.82, 2.24) is 14.9 Å². The van der Waals surface area contributed by atoms with Gasteiger partial charge in [-0.1, -0.05) is 6.07 Å². The smallest absolute Gasteiger partial charge is 0.0312 e. The van der Waals surface area contributed by atoms with Crippen LogP contribution in [0.5, 0.6) is 0 Å². The van der Waals surface area contributed by atoms with Crippen LogP contribution in [0.15, 0.2) is 43.0 Å². The van der Waals surface area contributed by atoms with Gasteiger partial charge in [-0.25, -0.2) is 0 Å². The molecular weight excluding hydrogens is 198 g/mol. The maximum atomic E-state index is 4.08. The third-order valence-electron chi connectivity index (χ3n) is 2.56. The lowest BCUT2D eigenvalue weighted by atomic mass is 10.3. The number of aryl methyl sites for hydroxylation is 1. The fraction of sp³-hybridized carbons (Fsp3) is 0.308. The summed E-state index contributed by atoms with van der Waals surface area (Å²) in [6, 6.07) is 6.20. The Morgan fingerprint density at radius 1 is 1.25 bits per heavy atom. The van der Waals surface area contributed by atoms with E-state index in [1.165, 1.54) is 11.1 Å². The molecule has 16 heavy (non-hydrogen) atoms. The Morgan fingerprint density at radius 2 is 2.12 bits per heavy atom. The average molecular weight is 215 g/mol. The van der Waals surface area contributed by atoms with Gasteiger partial charge in [0, 0.05) is 44.4 Å². The van der Waals surface area contributed by atoms with Crippen molar-refractivity contribution in [3.8, 4) is 0 Å². The Labute approximate surface area is 96.1 Å². The molecule has 3 heteroatoms. The Balaban J connectivity index is 1.80. The maximum Gasteiger partial charge on any atom is 0.0312 e. The molecule has 0 aliphatic heterocycles. The lowest BCUT2D eigenvalue weighted by Gasteiger charge is -2.02. The van der Waals surface area contributed by atoms with Crippen LogP contribution < -0.4 is 5.32 Å². The van der Waals surface area contributed by atoms with Crippen LogP contribution >= 0.6 is 0 Å². The summed E-state index contributed by atoms with van der Waals surface area (Å²) in [5, 5.41) is 3.40. The van der Waals surface area contributed by atoms with Crippen molar-refractivity contribution in [1.29, 1.82) is 0 Å². The number of rotatable bonds is 5. The second-order valence-corrected chi connectivity index (χ2v) is 3.82. The van der Waals surface area contributed by atoms with Crippen LogP contribution in [0.25, 0.3) is 0 Å². The number of aromatic nitrogens is 2. The van der Waals surface area contributed by atoms with E-state index in [2.05, 4.69) is 46.3 Å². The van der Waals surface area contributed by atoms with E-state index in [0.29, 0.717) is 0 Å². The summed E-state index contributed by atoms with van der Waals surface area (Å²) in [7, 11) is 0. The van der Waals surface area contributed by atoms with Crippen molar-refractivity contribution in [3.63, 3.8) is 0 Å². The molecule has 0 bridgehead atoms. The molecule has 1 N–H and O–H groups in total. The number of nitrogens with zero attached hydrogens (tertiary/aromatic N) is 2. The molecule has 2 aromatic heterocycles. The van der Waals surface area contributed by atoms with Crippen LogP contribution in [0.1, 0.15) is 18.1 Å². The van der Waals surface area contributed by atoms with Crippen molar-refractivity contribution in [2.45, 2.75) is 26.6 Å². The van der Waals surface area contributed by atoms with Gasteiger partial charge < -0.3 is 9.88 Å². The van der Waals surface area contributed by atoms with E-state index in [1.807, 2.05) is 12.3 Å². The number of hydrogen-bond donors (Lipinski definition) is 1. The Hall–Kier alpha value is -1.61. The summed E-state index contributed by atoms with van der Waals surface area (Å²) in [4.78, 5) is 4.08. The van der Waals surface area contributed by atoms with Crippen molar-refractivity contribution in [2.75, 3.05) is 0 Å². The molecule has 0 radical (unpaired) electrons. The van der Waals surface area contributed by atoms with Gasteiger partial charge in [-0.2, -0.15) is 0 Å². The normalized spacial score (nSPS) is 10.6. The summed E-state index contributed by atoms with van der Waals surface area (Å²) >= 11 is 0. The van der Waals surface area contributed by atoms with E-state index in [4.69, 9.17) is 0 Å². The standard InChI is InChI=1S/C13H17N3/c1-2-16-7-5-13(11-16)10-15-9-12-4-3-6-14-8-12/h3-8,11,15H,2,9-10H2,1H3. The molecule has 0 saturated carbocycles. The lowest BCUT2D eigenvalue weighted by Crippen LogP contribution is -2.12. The first kappa shape index (κ1) is 10.9. The third kappa shape index (κ3) is 2.94. The molecule has 0 atom stereocenters. The summed E-state index contributed by atoms with van der Waals surface area (Å²) < 4.78 is 2.18. The van der Waals surface area contributed by atoms with E-state index in [0.717, 1.165) is 19.6 Å². The van der Waals surface area contributed by atoms with E-state index in [1.54, 1.807) is 6.20 Å². The summed E-state index contributed by atoms with van der Waals surface area (Å²) in [5.41, 5.74) is 2.54. The highest BCUT2D eigenvalue weighted by atomic mass is 14.9. The zero-order valence-corrected chi connectivity index (χ0v) is 9.56. The quantitative estimate of drug-likeness (QED) is 0.828. The number of nitrogens with one attached hydrogen (secondary N) is 1. The summed E-state index contributed by atoms with van der Waals surface area (Å²) in [6.07, 6.45) is 7.98. The third-order valence-corrected chi connectivity index (χ3v) is 2.56. The predicted molar refractivity (Wildman–Crippen MR) is 64.9 cm³/mol. The highest BCUT2D eigenvalue weighted by Crippen LogP contribution is 2.01. The van der Waals surface area contributed by atoms with Crippen molar-refractivity contribution in [3.05, 3.63) is 54.1 Å². The van der Waals surface area contributed by atoms with E-state index >= 15 is 0 Å². The molecule has 84 valence electrons. The van der Waals surface area contributed by atoms with E-state index in [-0.39, 0.29) is 0 Å². The molecular formula is C13H17N3. The minimum absolute atomic E-state index is 0.866. The van der Waals surface area contributed by atoms with Gasteiger partial charge in [-0.3, -0.25) is 4.98 Å². The Morgan fingerprint density at radius 3 is 2.81 bits per heavy atom. The second kappa shape index (κ2) is 5.47. The number of pyridine rings is 1. The van der Waals surface area contributed by atoms with Crippen LogP contribution in [0.4, 0.5) is 0 Å². The molecule has 2 aromatic rings. The molecule has 0 aliphatic rings. The zero-order valence-electron chi connectivity index (χ0n) is 9.56. The largest absolute Gasteiger partial charge is 0.354 e. The van der Waals surface area contributed by atoms with Gasteiger partial charge in [-0.15, -0.1) is 0 Å². The minimum atomic E-state index is 0.866. The summed E-state index contributed by atoms with van der Waals surface area (Å²) in [5.74, 6) is 0. The molecule has 0 unspecified atom stereocenters. The van der Waals surface area contributed by atoms with Gasteiger partial charge in [0.15, 0.2) is 0 Å².